The van der Waals surface area contributed by atoms with Crippen LogP contribution in [0.4, 0.5) is 14.9 Å². The molecule has 10 heteroatoms. The predicted molar refractivity (Wildman–Crippen MR) is 72.2 cm³/mol. The molecular formula is C12H17FN4O5. The highest BCUT2D eigenvalue weighted by molar-refractivity contribution is 5.65. The number of hydrogen-bond acceptors (Lipinski definition) is 5. The molecule has 22 heavy (non-hydrogen) atoms. The zero-order valence-corrected chi connectivity index (χ0v) is 12.1. The first-order valence-electron chi connectivity index (χ1n) is 6.76. The van der Waals surface area contributed by atoms with E-state index in [0.29, 0.717) is 0 Å². The molecule has 1 aromatic heterocycles. The van der Waals surface area contributed by atoms with Gasteiger partial charge < -0.3 is 15.2 Å². The van der Waals surface area contributed by atoms with E-state index >= 15 is 0 Å². The Bertz CT molecular complexity index is 578. The Hall–Kier alpha value is -2.23. The number of alkyl halides is 1. The first-order chi connectivity index (χ1) is 10.3. The standard InChI is InChI=1S/C12H17FN4O5/c1-6-10(13)7(15-12(18)19)3-4-9(22-6)11-8(17(20)21)5-14-16(11)2/h5-7,9-10,15H,3-4H2,1-2H3,(H,18,19)/t6-,7+,9-,10+/m0/s1. The van der Waals surface area contributed by atoms with E-state index in [1.165, 1.54) is 11.6 Å². The molecule has 1 aliphatic rings. The van der Waals surface area contributed by atoms with Gasteiger partial charge in [-0.2, -0.15) is 5.10 Å². The maximum absolute atomic E-state index is 14.2. The lowest BCUT2D eigenvalue weighted by molar-refractivity contribution is -0.386. The summed E-state index contributed by atoms with van der Waals surface area (Å²) < 4.78 is 21.1. The predicted octanol–water partition coefficient (Wildman–Crippen LogP) is 1.54. The number of nitro groups is 1. The van der Waals surface area contributed by atoms with Crippen molar-refractivity contribution in [2.24, 2.45) is 7.05 Å². The van der Waals surface area contributed by atoms with Crippen molar-refractivity contribution in [1.82, 2.24) is 15.1 Å². The number of halogens is 1. The van der Waals surface area contributed by atoms with Gasteiger partial charge in [-0.25, -0.2) is 9.18 Å². The first-order valence-corrected chi connectivity index (χ1v) is 6.76. The Labute approximate surface area is 125 Å². The fourth-order valence-electron chi connectivity index (χ4n) is 2.68. The number of amides is 1. The molecule has 0 spiro atoms. The van der Waals surface area contributed by atoms with E-state index in [2.05, 4.69) is 10.4 Å². The lowest BCUT2D eigenvalue weighted by atomic mass is 10.0. The zero-order valence-electron chi connectivity index (χ0n) is 12.1. The Morgan fingerprint density at radius 1 is 1.64 bits per heavy atom. The lowest BCUT2D eigenvalue weighted by Crippen LogP contribution is -2.44. The smallest absolute Gasteiger partial charge is 0.404 e. The Morgan fingerprint density at radius 3 is 2.91 bits per heavy atom. The molecule has 1 saturated heterocycles. The van der Waals surface area contributed by atoms with Crippen LogP contribution in [0, 0.1) is 10.1 Å². The number of hydrogen-bond donors (Lipinski definition) is 2. The molecule has 122 valence electrons. The molecule has 4 atom stereocenters. The SMILES string of the molecule is C[C@@H]1O[C@H](c2c([N+](=O)[O-])cnn2C)CC[C@@H](NC(=O)O)[C@@H]1F. The molecule has 1 amide bonds. The van der Waals surface area contributed by atoms with Gasteiger partial charge in [-0.1, -0.05) is 0 Å². The monoisotopic (exact) mass is 316 g/mol. The molecule has 1 aliphatic heterocycles. The van der Waals surface area contributed by atoms with Crippen LogP contribution in [0.5, 0.6) is 0 Å². The third-order valence-electron chi connectivity index (χ3n) is 3.73. The first kappa shape index (κ1) is 16.1. The van der Waals surface area contributed by atoms with E-state index in [9.17, 15) is 19.3 Å². The average molecular weight is 316 g/mol. The second-order valence-corrected chi connectivity index (χ2v) is 5.20. The minimum atomic E-state index is -1.53. The Morgan fingerprint density at radius 2 is 2.32 bits per heavy atom. The van der Waals surface area contributed by atoms with Crippen molar-refractivity contribution in [3.63, 3.8) is 0 Å². The van der Waals surface area contributed by atoms with Crippen molar-refractivity contribution in [1.29, 1.82) is 0 Å². The number of rotatable bonds is 3. The maximum Gasteiger partial charge on any atom is 0.404 e. The van der Waals surface area contributed by atoms with Crippen molar-refractivity contribution < 1.29 is 24.0 Å². The van der Waals surface area contributed by atoms with Crippen LogP contribution in [-0.2, 0) is 11.8 Å². The topological polar surface area (TPSA) is 120 Å². The summed E-state index contributed by atoms with van der Waals surface area (Å²) in [6.07, 6.45) is -2.94. The van der Waals surface area contributed by atoms with Crippen molar-refractivity contribution >= 4 is 11.8 Å². The van der Waals surface area contributed by atoms with Gasteiger partial charge in [0.2, 0.25) is 0 Å². The summed E-state index contributed by atoms with van der Waals surface area (Å²) in [6.45, 7) is 1.47. The van der Waals surface area contributed by atoms with Crippen molar-refractivity contribution in [3.8, 4) is 0 Å². The van der Waals surface area contributed by atoms with Gasteiger partial charge in [-0.05, 0) is 19.8 Å². The van der Waals surface area contributed by atoms with Crippen LogP contribution in [0.2, 0.25) is 0 Å². The minimum absolute atomic E-state index is 0.171. The second-order valence-electron chi connectivity index (χ2n) is 5.20. The molecule has 1 fully saturated rings. The van der Waals surface area contributed by atoms with Crippen LogP contribution >= 0.6 is 0 Å². The molecule has 0 aliphatic carbocycles. The van der Waals surface area contributed by atoms with Gasteiger partial charge in [0.1, 0.15) is 24.2 Å². The van der Waals surface area contributed by atoms with Crippen LogP contribution < -0.4 is 5.32 Å². The number of aromatic nitrogens is 2. The molecule has 2 heterocycles. The van der Waals surface area contributed by atoms with Crippen LogP contribution in [-0.4, -0.2) is 44.2 Å². The van der Waals surface area contributed by atoms with E-state index < -0.39 is 35.4 Å². The maximum atomic E-state index is 14.2. The van der Waals surface area contributed by atoms with Crippen LogP contribution in [0.15, 0.2) is 6.20 Å². The molecule has 2 N–H and O–H groups in total. The summed E-state index contributed by atoms with van der Waals surface area (Å²) in [4.78, 5) is 21.2. The molecule has 1 aromatic rings. The number of nitrogens with one attached hydrogen (secondary N) is 1. The third-order valence-corrected chi connectivity index (χ3v) is 3.73. The van der Waals surface area contributed by atoms with Gasteiger partial charge in [0, 0.05) is 7.05 Å². The Balaban J connectivity index is 2.26. The summed E-state index contributed by atoms with van der Waals surface area (Å²) in [5.74, 6) is 0. The van der Waals surface area contributed by atoms with Gasteiger partial charge in [0.05, 0.1) is 17.1 Å². The van der Waals surface area contributed by atoms with E-state index in [1.54, 1.807) is 7.05 Å². The van der Waals surface area contributed by atoms with Crippen molar-refractivity contribution in [3.05, 3.63) is 22.0 Å². The summed E-state index contributed by atoms with van der Waals surface area (Å²) >= 11 is 0. The van der Waals surface area contributed by atoms with Gasteiger partial charge in [0.25, 0.3) is 0 Å². The van der Waals surface area contributed by atoms with E-state index in [0.717, 1.165) is 6.20 Å². The molecule has 0 aromatic carbocycles. The number of carboxylic acid groups (broad SMARTS) is 1. The quantitative estimate of drug-likeness (QED) is 0.645. The van der Waals surface area contributed by atoms with Crippen LogP contribution in [0.3, 0.4) is 0 Å². The van der Waals surface area contributed by atoms with Crippen LogP contribution in [0.1, 0.15) is 31.6 Å². The number of ether oxygens (including phenoxy) is 1. The lowest BCUT2D eigenvalue weighted by Gasteiger charge is -2.22. The molecule has 0 radical (unpaired) electrons. The fourth-order valence-corrected chi connectivity index (χ4v) is 2.68. The summed E-state index contributed by atoms with van der Waals surface area (Å²) in [7, 11) is 1.54. The average Bonchev–Trinajstić information content (AvgIpc) is 2.76. The molecular weight excluding hydrogens is 299 g/mol. The largest absolute Gasteiger partial charge is 0.465 e. The molecule has 0 unspecified atom stereocenters. The highest BCUT2D eigenvalue weighted by atomic mass is 19.1. The molecule has 9 nitrogen and oxygen atoms in total. The molecule has 0 bridgehead atoms. The van der Waals surface area contributed by atoms with Crippen LogP contribution in [0.25, 0.3) is 0 Å². The normalized spacial score (nSPS) is 28.9. The zero-order chi connectivity index (χ0) is 16.4. The number of carbonyl (C=O) groups is 1. The van der Waals surface area contributed by atoms with Crippen molar-refractivity contribution in [2.75, 3.05) is 0 Å². The highest BCUT2D eigenvalue weighted by Gasteiger charge is 2.38. The molecule has 0 saturated carbocycles. The van der Waals surface area contributed by atoms with Gasteiger partial charge >= 0.3 is 11.8 Å². The van der Waals surface area contributed by atoms with E-state index in [1.807, 2.05) is 0 Å². The summed E-state index contributed by atoms with van der Waals surface area (Å²) in [5.41, 5.74) is 0.0553. The number of aryl methyl sites for hydroxylation is 1. The minimum Gasteiger partial charge on any atom is -0.465 e. The molecule has 2 rings (SSSR count). The van der Waals surface area contributed by atoms with Gasteiger partial charge in [-0.15, -0.1) is 0 Å². The van der Waals surface area contributed by atoms with Gasteiger partial charge in [-0.3, -0.25) is 14.8 Å². The third kappa shape index (κ3) is 3.16. The van der Waals surface area contributed by atoms with E-state index in [4.69, 9.17) is 9.84 Å². The fraction of sp³-hybridized carbons (Fsp3) is 0.667. The second kappa shape index (κ2) is 6.26. The number of nitrogens with zero attached hydrogens (tertiary/aromatic N) is 3. The summed E-state index contributed by atoms with van der Waals surface area (Å²) in [5, 5.41) is 25.8. The van der Waals surface area contributed by atoms with E-state index in [-0.39, 0.29) is 24.2 Å². The Kier molecular flexibility index (Phi) is 4.59. The summed E-state index contributed by atoms with van der Waals surface area (Å²) in [6, 6.07) is -0.912. The van der Waals surface area contributed by atoms with Crippen molar-refractivity contribution in [2.45, 2.75) is 44.2 Å². The highest BCUT2D eigenvalue weighted by Crippen LogP contribution is 2.35. The van der Waals surface area contributed by atoms with Gasteiger partial charge in [0.15, 0.2) is 0 Å².